The van der Waals surface area contributed by atoms with Crippen LogP contribution in [0.5, 0.6) is 5.75 Å². The standard InChI is InChI=1S/C25H29N3O4S/c1-19-8-13-23(33(30,31)26-20-9-11-22(32-2)12-10-20)18-24(19)25(29)28-16-14-27(15-17-28)21-6-4-3-5-7-21/h3-13,18,25-26,29H,14-17H2,1-2H3. The fraction of sp³-hybridized carbons (Fsp3) is 0.280. The summed E-state index contributed by atoms with van der Waals surface area (Å²) in [6.45, 7) is 4.81. The van der Waals surface area contributed by atoms with Crippen molar-refractivity contribution in [3.63, 3.8) is 0 Å². The summed E-state index contributed by atoms with van der Waals surface area (Å²) in [6.07, 6.45) is -0.876. The molecule has 4 rings (SSSR count). The smallest absolute Gasteiger partial charge is 0.261 e. The van der Waals surface area contributed by atoms with Gasteiger partial charge in [0.05, 0.1) is 12.0 Å². The van der Waals surface area contributed by atoms with Crippen LogP contribution in [0.25, 0.3) is 0 Å². The van der Waals surface area contributed by atoms with Gasteiger partial charge >= 0.3 is 0 Å². The van der Waals surface area contributed by atoms with Crippen molar-refractivity contribution < 1.29 is 18.3 Å². The molecule has 0 bridgehead atoms. The van der Waals surface area contributed by atoms with Gasteiger partial charge < -0.3 is 14.7 Å². The summed E-state index contributed by atoms with van der Waals surface area (Å²) >= 11 is 0. The first-order chi connectivity index (χ1) is 15.9. The lowest BCUT2D eigenvalue weighted by Crippen LogP contribution is -2.47. The molecule has 8 heteroatoms. The molecule has 1 unspecified atom stereocenters. The van der Waals surface area contributed by atoms with Gasteiger partial charge in [0.25, 0.3) is 10.0 Å². The summed E-state index contributed by atoms with van der Waals surface area (Å²) in [5.74, 6) is 0.644. The van der Waals surface area contributed by atoms with Crippen molar-refractivity contribution >= 4 is 21.4 Å². The zero-order valence-corrected chi connectivity index (χ0v) is 19.6. The van der Waals surface area contributed by atoms with E-state index in [0.29, 0.717) is 30.1 Å². The predicted octanol–water partition coefficient (Wildman–Crippen LogP) is 3.62. The second kappa shape index (κ2) is 9.82. The number of hydrogen-bond acceptors (Lipinski definition) is 6. The highest BCUT2D eigenvalue weighted by Crippen LogP contribution is 2.28. The van der Waals surface area contributed by atoms with E-state index in [4.69, 9.17) is 4.74 Å². The first-order valence-corrected chi connectivity index (χ1v) is 12.4. The summed E-state index contributed by atoms with van der Waals surface area (Å²) in [6, 6.07) is 21.7. The summed E-state index contributed by atoms with van der Waals surface area (Å²) in [4.78, 5) is 4.38. The number of aliphatic hydroxyl groups excluding tert-OH is 1. The second-order valence-electron chi connectivity index (χ2n) is 8.08. The van der Waals surface area contributed by atoms with Crippen molar-refractivity contribution in [2.45, 2.75) is 18.0 Å². The number of nitrogens with one attached hydrogen (secondary N) is 1. The van der Waals surface area contributed by atoms with Crippen LogP contribution in [0.15, 0.2) is 77.7 Å². The predicted molar refractivity (Wildman–Crippen MR) is 130 cm³/mol. The number of benzene rings is 3. The van der Waals surface area contributed by atoms with Crippen LogP contribution < -0.4 is 14.4 Å². The van der Waals surface area contributed by atoms with Crippen LogP contribution in [0.1, 0.15) is 17.4 Å². The van der Waals surface area contributed by atoms with Gasteiger partial charge in [0.15, 0.2) is 0 Å². The van der Waals surface area contributed by atoms with Gasteiger partial charge in [-0.05, 0) is 66.6 Å². The molecular weight excluding hydrogens is 438 g/mol. The van der Waals surface area contributed by atoms with Gasteiger partial charge in [0, 0.05) is 37.6 Å². The largest absolute Gasteiger partial charge is 0.497 e. The Kier molecular flexibility index (Phi) is 6.88. The lowest BCUT2D eigenvalue weighted by Gasteiger charge is -2.38. The van der Waals surface area contributed by atoms with Crippen molar-refractivity contribution in [3.05, 3.63) is 83.9 Å². The molecule has 2 N–H and O–H groups in total. The molecule has 3 aromatic carbocycles. The van der Waals surface area contributed by atoms with Gasteiger partial charge in [0.2, 0.25) is 0 Å². The molecule has 0 amide bonds. The Bertz CT molecular complexity index is 1180. The van der Waals surface area contributed by atoms with E-state index in [1.807, 2.05) is 30.0 Å². The molecule has 1 aliphatic heterocycles. The Morgan fingerprint density at radius 1 is 0.939 bits per heavy atom. The van der Waals surface area contributed by atoms with E-state index < -0.39 is 16.3 Å². The third-order valence-electron chi connectivity index (χ3n) is 5.96. The summed E-state index contributed by atoms with van der Waals surface area (Å²) < 4.78 is 33.7. The highest BCUT2D eigenvalue weighted by molar-refractivity contribution is 7.92. The average Bonchev–Trinajstić information content (AvgIpc) is 2.84. The minimum atomic E-state index is -3.81. The lowest BCUT2D eigenvalue weighted by molar-refractivity contribution is -0.00219. The Morgan fingerprint density at radius 3 is 2.24 bits per heavy atom. The van der Waals surface area contributed by atoms with Crippen LogP contribution in [0.4, 0.5) is 11.4 Å². The highest BCUT2D eigenvalue weighted by Gasteiger charge is 2.26. The molecule has 0 aliphatic carbocycles. The first kappa shape index (κ1) is 23.1. The summed E-state index contributed by atoms with van der Waals surface area (Å²) in [5, 5.41) is 11.1. The van der Waals surface area contributed by atoms with Crippen LogP contribution in [0.2, 0.25) is 0 Å². The van der Waals surface area contributed by atoms with Gasteiger partial charge in [0.1, 0.15) is 12.0 Å². The maximum atomic E-state index is 13.0. The number of sulfonamides is 1. The monoisotopic (exact) mass is 467 g/mol. The van der Waals surface area contributed by atoms with Gasteiger partial charge in [-0.3, -0.25) is 9.62 Å². The van der Waals surface area contributed by atoms with Gasteiger partial charge in [-0.2, -0.15) is 0 Å². The van der Waals surface area contributed by atoms with Crippen molar-refractivity contribution in [1.82, 2.24) is 4.90 Å². The Balaban J connectivity index is 1.48. The SMILES string of the molecule is COc1ccc(NS(=O)(=O)c2ccc(C)c(C(O)N3CCN(c4ccccc4)CC3)c2)cc1. The normalized spacial score (nSPS) is 15.8. The van der Waals surface area contributed by atoms with E-state index >= 15 is 0 Å². The number of methoxy groups -OCH3 is 1. The fourth-order valence-electron chi connectivity index (χ4n) is 4.00. The van der Waals surface area contributed by atoms with Gasteiger partial charge in [-0.1, -0.05) is 24.3 Å². The summed E-state index contributed by atoms with van der Waals surface area (Å²) in [5.41, 5.74) is 3.05. The zero-order valence-electron chi connectivity index (χ0n) is 18.8. The average molecular weight is 468 g/mol. The maximum absolute atomic E-state index is 13.0. The maximum Gasteiger partial charge on any atom is 0.261 e. The van der Waals surface area contributed by atoms with Crippen LogP contribution in [0, 0.1) is 6.92 Å². The van der Waals surface area contributed by atoms with Crippen LogP contribution >= 0.6 is 0 Å². The van der Waals surface area contributed by atoms with E-state index in [0.717, 1.165) is 18.7 Å². The molecule has 0 spiro atoms. The minimum absolute atomic E-state index is 0.112. The van der Waals surface area contributed by atoms with Gasteiger partial charge in [-0.25, -0.2) is 8.42 Å². The number of aliphatic hydroxyl groups is 1. The molecule has 0 aromatic heterocycles. The Hall–Kier alpha value is -3.07. The van der Waals surface area contributed by atoms with Crippen LogP contribution in [-0.4, -0.2) is 51.7 Å². The second-order valence-corrected chi connectivity index (χ2v) is 9.77. The molecule has 0 saturated carbocycles. The first-order valence-electron chi connectivity index (χ1n) is 10.9. The quantitative estimate of drug-likeness (QED) is 0.552. The third-order valence-corrected chi connectivity index (χ3v) is 7.34. The van der Waals surface area contributed by atoms with Crippen molar-refractivity contribution in [2.24, 2.45) is 0 Å². The van der Waals surface area contributed by atoms with Crippen LogP contribution in [-0.2, 0) is 10.0 Å². The van der Waals surface area contributed by atoms with Crippen molar-refractivity contribution in [3.8, 4) is 5.75 Å². The van der Waals surface area contributed by atoms with Crippen molar-refractivity contribution in [2.75, 3.05) is 42.9 Å². The number of ether oxygens (including phenoxy) is 1. The number of rotatable bonds is 7. The third kappa shape index (κ3) is 5.30. The zero-order chi connectivity index (χ0) is 23.4. The topological polar surface area (TPSA) is 82.1 Å². The molecule has 0 radical (unpaired) electrons. The molecule has 174 valence electrons. The number of piperazine rings is 1. The molecule has 1 saturated heterocycles. The minimum Gasteiger partial charge on any atom is -0.497 e. The molecule has 1 heterocycles. The van der Waals surface area contributed by atoms with E-state index in [-0.39, 0.29) is 4.90 Å². The molecular formula is C25H29N3O4S. The van der Waals surface area contributed by atoms with E-state index in [2.05, 4.69) is 21.8 Å². The molecule has 33 heavy (non-hydrogen) atoms. The van der Waals surface area contributed by atoms with Crippen molar-refractivity contribution in [1.29, 1.82) is 0 Å². The molecule has 1 aliphatic rings. The summed E-state index contributed by atoms with van der Waals surface area (Å²) in [7, 11) is -2.25. The van der Waals surface area contributed by atoms with Crippen LogP contribution in [0.3, 0.4) is 0 Å². The molecule has 1 atom stereocenters. The number of aryl methyl sites for hydroxylation is 1. The van der Waals surface area contributed by atoms with E-state index in [1.54, 1.807) is 49.6 Å². The molecule has 1 fully saturated rings. The molecule has 7 nitrogen and oxygen atoms in total. The Morgan fingerprint density at radius 2 is 1.61 bits per heavy atom. The van der Waals surface area contributed by atoms with E-state index in [9.17, 15) is 13.5 Å². The highest BCUT2D eigenvalue weighted by atomic mass is 32.2. The number of nitrogens with zero attached hydrogens (tertiary/aromatic N) is 2. The lowest BCUT2D eigenvalue weighted by atomic mass is 10.1. The fourth-order valence-corrected chi connectivity index (χ4v) is 5.09. The Labute approximate surface area is 195 Å². The number of para-hydroxylation sites is 1. The van der Waals surface area contributed by atoms with Gasteiger partial charge in [-0.15, -0.1) is 0 Å². The number of hydrogen-bond donors (Lipinski definition) is 2. The van der Waals surface area contributed by atoms with E-state index in [1.165, 1.54) is 5.69 Å². The number of anilines is 2. The molecule has 3 aromatic rings.